The van der Waals surface area contributed by atoms with Crippen LogP contribution in [0.2, 0.25) is 15.1 Å². The second kappa shape index (κ2) is 9.27. The molecule has 0 aliphatic carbocycles. The van der Waals surface area contributed by atoms with E-state index in [1.54, 1.807) is 6.07 Å². The molecular formula is C16H16Cl3NO5. The SMILES string of the molecule is O=C(CCCCCOc1cc(Cl)c(Cl)cc1Cl)ON1C(=O)CCC1=O. The van der Waals surface area contributed by atoms with Crippen LogP contribution >= 0.6 is 34.8 Å². The third-order valence-corrected chi connectivity index (χ3v) is 4.47. The van der Waals surface area contributed by atoms with Crippen molar-refractivity contribution in [3.05, 3.63) is 27.2 Å². The first-order valence-corrected chi connectivity index (χ1v) is 8.86. The zero-order valence-electron chi connectivity index (χ0n) is 13.2. The molecule has 1 aliphatic rings. The maximum atomic E-state index is 11.6. The summed E-state index contributed by atoms with van der Waals surface area (Å²) >= 11 is 17.7. The number of nitrogens with zero attached hydrogens (tertiary/aromatic N) is 1. The third kappa shape index (κ3) is 5.76. The van der Waals surface area contributed by atoms with Crippen molar-refractivity contribution in [3.8, 4) is 5.75 Å². The highest BCUT2D eigenvalue weighted by Crippen LogP contribution is 2.33. The number of rotatable bonds is 8. The number of carbonyl (C=O) groups excluding carboxylic acids is 3. The van der Waals surface area contributed by atoms with Gasteiger partial charge in [0.15, 0.2) is 0 Å². The summed E-state index contributed by atoms with van der Waals surface area (Å²) in [5.74, 6) is -1.12. The lowest BCUT2D eigenvalue weighted by Gasteiger charge is -2.12. The van der Waals surface area contributed by atoms with Crippen LogP contribution in [0.15, 0.2) is 12.1 Å². The van der Waals surface area contributed by atoms with E-state index in [2.05, 4.69) is 0 Å². The van der Waals surface area contributed by atoms with Crippen LogP contribution in [0.4, 0.5) is 0 Å². The normalized spacial score (nSPS) is 14.1. The summed E-state index contributed by atoms with van der Waals surface area (Å²) in [6.07, 6.45) is 2.22. The number of hydrogen-bond donors (Lipinski definition) is 0. The molecule has 0 bridgehead atoms. The lowest BCUT2D eigenvalue weighted by Crippen LogP contribution is -2.31. The first kappa shape index (κ1) is 19.8. The molecule has 136 valence electrons. The number of halogens is 3. The lowest BCUT2D eigenvalue weighted by atomic mass is 10.2. The Morgan fingerprint density at radius 1 is 0.960 bits per heavy atom. The molecule has 0 radical (unpaired) electrons. The van der Waals surface area contributed by atoms with E-state index in [0.717, 1.165) is 0 Å². The molecule has 1 aromatic carbocycles. The van der Waals surface area contributed by atoms with Crippen LogP contribution in [0.5, 0.6) is 5.75 Å². The van der Waals surface area contributed by atoms with Gasteiger partial charge in [0, 0.05) is 25.3 Å². The van der Waals surface area contributed by atoms with E-state index in [1.807, 2.05) is 0 Å². The van der Waals surface area contributed by atoms with E-state index < -0.39 is 17.8 Å². The van der Waals surface area contributed by atoms with E-state index in [0.29, 0.717) is 51.7 Å². The molecule has 1 saturated heterocycles. The number of hydroxylamine groups is 2. The fraction of sp³-hybridized carbons (Fsp3) is 0.438. The van der Waals surface area contributed by atoms with Crippen molar-refractivity contribution in [2.24, 2.45) is 0 Å². The Morgan fingerprint density at radius 2 is 1.60 bits per heavy atom. The number of unbranched alkanes of at least 4 members (excludes halogenated alkanes) is 2. The molecule has 9 heteroatoms. The van der Waals surface area contributed by atoms with E-state index in [4.69, 9.17) is 44.4 Å². The first-order valence-electron chi connectivity index (χ1n) is 7.72. The van der Waals surface area contributed by atoms with Crippen LogP contribution in [0, 0.1) is 0 Å². The number of hydrogen-bond acceptors (Lipinski definition) is 5. The molecule has 0 atom stereocenters. The number of carbonyl (C=O) groups is 3. The maximum absolute atomic E-state index is 11.6. The fourth-order valence-electron chi connectivity index (χ4n) is 2.15. The Labute approximate surface area is 159 Å². The van der Waals surface area contributed by atoms with Gasteiger partial charge in [-0.2, -0.15) is 0 Å². The van der Waals surface area contributed by atoms with Crippen molar-refractivity contribution in [1.29, 1.82) is 0 Å². The highest BCUT2D eigenvalue weighted by atomic mass is 35.5. The van der Waals surface area contributed by atoms with Crippen molar-refractivity contribution in [1.82, 2.24) is 5.06 Å². The predicted octanol–water partition coefficient (Wildman–Crippen LogP) is 4.19. The number of amides is 2. The third-order valence-electron chi connectivity index (χ3n) is 3.46. The molecule has 0 N–H and O–H groups in total. The molecule has 6 nitrogen and oxygen atoms in total. The fourth-order valence-corrected chi connectivity index (χ4v) is 2.74. The van der Waals surface area contributed by atoms with Crippen LogP contribution in [-0.2, 0) is 19.2 Å². The van der Waals surface area contributed by atoms with Gasteiger partial charge in [-0.3, -0.25) is 9.59 Å². The zero-order valence-corrected chi connectivity index (χ0v) is 15.5. The quantitative estimate of drug-likeness (QED) is 0.366. The Kier molecular flexibility index (Phi) is 7.35. The first-order chi connectivity index (χ1) is 11.9. The molecule has 1 fully saturated rings. The van der Waals surface area contributed by atoms with E-state index in [1.165, 1.54) is 6.07 Å². The summed E-state index contributed by atoms with van der Waals surface area (Å²) in [5.41, 5.74) is 0. The second-order valence-electron chi connectivity index (χ2n) is 5.40. The molecule has 1 heterocycles. The molecule has 0 saturated carbocycles. The van der Waals surface area contributed by atoms with Crippen LogP contribution in [0.3, 0.4) is 0 Å². The summed E-state index contributed by atoms with van der Waals surface area (Å²) in [5, 5.41) is 1.64. The van der Waals surface area contributed by atoms with Crippen LogP contribution in [0.25, 0.3) is 0 Å². The number of imide groups is 1. The average molecular weight is 409 g/mol. The predicted molar refractivity (Wildman–Crippen MR) is 92.6 cm³/mol. The summed E-state index contributed by atoms with van der Waals surface area (Å²) in [4.78, 5) is 39.0. The molecule has 2 amide bonds. The van der Waals surface area contributed by atoms with Gasteiger partial charge in [-0.05, 0) is 25.3 Å². The minimum atomic E-state index is -0.600. The number of benzene rings is 1. The maximum Gasteiger partial charge on any atom is 0.333 e. The van der Waals surface area contributed by atoms with E-state index in [9.17, 15) is 14.4 Å². The van der Waals surface area contributed by atoms with Gasteiger partial charge in [-0.25, -0.2) is 4.79 Å². The second-order valence-corrected chi connectivity index (χ2v) is 6.62. The van der Waals surface area contributed by atoms with Crippen LogP contribution in [0.1, 0.15) is 38.5 Å². The van der Waals surface area contributed by atoms with Crippen molar-refractivity contribution in [2.45, 2.75) is 38.5 Å². The lowest BCUT2D eigenvalue weighted by molar-refractivity contribution is -0.197. The Balaban J connectivity index is 1.62. The van der Waals surface area contributed by atoms with Gasteiger partial charge in [0.1, 0.15) is 5.75 Å². The summed E-state index contributed by atoms with van der Waals surface area (Å²) in [6.45, 7) is 0.399. The molecule has 1 aliphatic heterocycles. The van der Waals surface area contributed by atoms with Crippen molar-refractivity contribution < 1.29 is 24.0 Å². The van der Waals surface area contributed by atoms with Gasteiger partial charge in [-0.1, -0.05) is 34.8 Å². The average Bonchev–Trinajstić information content (AvgIpc) is 2.87. The van der Waals surface area contributed by atoms with Crippen molar-refractivity contribution in [2.75, 3.05) is 6.61 Å². The molecule has 0 aromatic heterocycles. The topological polar surface area (TPSA) is 72.9 Å². The standard InChI is InChI=1S/C16H16Cl3NO5/c17-10-8-12(19)13(9-11(10)18)24-7-3-1-2-4-16(23)25-20-14(21)5-6-15(20)22/h8-9H,1-7H2. The van der Waals surface area contributed by atoms with E-state index in [-0.39, 0.29) is 19.3 Å². The molecule has 0 spiro atoms. The van der Waals surface area contributed by atoms with Gasteiger partial charge >= 0.3 is 5.97 Å². The molecular weight excluding hydrogens is 393 g/mol. The minimum absolute atomic E-state index is 0.0841. The molecule has 2 rings (SSSR count). The van der Waals surface area contributed by atoms with Crippen molar-refractivity contribution >= 4 is 52.6 Å². The minimum Gasteiger partial charge on any atom is -0.492 e. The zero-order chi connectivity index (χ0) is 18.4. The van der Waals surface area contributed by atoms with Gasteiger partial charge in [0.05, 0.1) is 21.7 Å². The van der Waals surface area contributed by atoms with Crippen LogP contribution < -0.4 is 4.74 Å². The van der Waals surface area contributed by atoms with Gasteiger partial charge < -0.3 is 9.57 Å². The Morgan fingerprint density at radius 3 is 2.28 bits per heavy atom. The molecule has 25 heavy (non-hydrogen) atoms. The summed E-state index contributed by atoms with van der Waals surface area (Å²) < 4.78 is 5.53. The largest absolute Gasteiger partial charge is 0.492 e. The van der Waals surface area contributed by atoms with Gasteiger partial charge in [-0.15, -0.1) is 5.06 Å². The van der Waals surface area contributed by atoms with Gasteiger partial charge in [0.25, 0.3) is 11.8 Å². The Bertz CT molecular complexity index is 664. The summed E-state index contributed by atoms with van der Waals surface area (Å²) in [6, 6.07) is 3.06. The molecule has 1 aromatic rings. The Hall–Kier alpha value is -1.50. The molecule has 0 unspecified atom stereocenters. The highest BCUT2D eigenvalue weighted by Gasteiger charge is 2.32. The van der Waals surface area contributed by atoms with Crippen molar-refractivity contribution in [3.63, 3.8) is 0 Å². The van der Waals surface area contributed by atoms with Crippen LogP contribution in [-0.4, -0.2) is 29.5 Å². The highest BCUT2D eigenvalue weighted by molar-refractivity contribution is 6.43. The smallest absolute Gasteiger partial charge is 0.333 e. The number of ether oxygens (including phenoxy) is 1. The monoisotopic (exact) mass is 407 g/mol. The van der Waals surface area contributed by atoms with Gasteiger partial charge in [0.2, 0.25) is 0 Å². The summed E-state index contributed by atoms with van der Waals surface area (Å²) in [7, 11) is 0. The van der Waals surface area contributed by atoms with E-state index >= 15 is 0 Å².